The zero-order chi connectivity index (χ0) is 13.0. The maximum Gasteiger partial charge on any atom is 0.315 e. The molecule has 1 aromatic rings. The minimum absolute atomic E-state index is 0.153. The molecule has 2 rings (SSSR count). The molecule has 3 unspecified atom stereocenters. The summed E-state index contributed by atoms with van der Waals surface area (Å²) < 4.78 is 5.06. The van der Waals surface area contributed by atoms with Crippen molar-refractivity contribution in [3.05, 3.63) is 24.2 Å². The lowest BCUT2D eigenvalue weighted by atomic mass is 10.1. The van der Waals surface area contributed by atoms with Crippen molar-refractivity contribution >= 4 is 6.03 Å². The van der Waals surface area contributed by atoms with Gasteiger partial charge in [0.1, 0.15) is 11.9 Å². The van der Waals surface area contributed by atoms with E-state index in [0.29, 0.717) is 11.7 Å². The fourth-order valence-electron chi connectivity index (χ4n) is 2.35. The minimum atomic E-state index is -0.799. The molecule has 0 radical (unpaired) electrons. The summed E-state index contributed by atoms with van der Waals surface area (Å²) in [5.41, 5.74) is 0. The third kappa shape index (κ3) is 3.26. The van der Waals surface area contributed by atoms with Crippen LogP contribution in [0.1, 0.15) is 38.1 Å². The molecule has 0 bridgehead atoms. The molecule has 0 spiro atoms. The van der Waals surface area contributed by atoms with Gasteiger partial charge in [-0.15, -0.1) is 0 Å². The molecule has 1 heterocycles. The average molecular weight is 252 g/mol. The van der Waals surface area contributed by atoms with Crippen molar-refractivity contribution in [1.29, 1.82) is 0 Å². The number of carbonyl (C=O) groups is 1. The van der Waals surface area contributed by atoms with Gasteiger partial charge in [-0.25, -0.2) is 4.79 Å². The van der Waals surface area contributed by atoms with Crippen molar-refractivity contribution in [3.8, 4) is 0 Å². The van der Waals surface area contributed by atoms with Gasteiger partial charge in [-0.1, -0.05) is 13.3 Å². The fourth-order valence-corrected chi connectivity index (χ4v) is 2.35. The molecule has 5 heteroatoms. The van der Waals surface area contributed by atoms with Gasteiger partial charge in [-0.05, 0) is 30.9 Å². The van der Waals surface area contributed by atoms with Gasteiger partial charge < -0.3 is 20.2 Å². The Labute approximate surface area is 107 Å². The summed E-state index contributed by atoms with van der Waals surface area (Å²) in [5.74, 6) is 0.996. The monoisotopic (exact) mass is 252 g/mol. The molecule has 5 nitrogen and oxygen atoms in total. The van der Waals surface area contributed by atoms with Gasteiger partial charge in [-0.3, -0.25) is 0 Å². The van der Waals surface area contributed by atoms with Gasteiger partial charge in [0.05, 0.1) is 12.8 Å². The van der Waals surface area contributed by atoms with Crippen LogP contribution in [0.2, 0.25) is 0 Å². The second kappa shape index (κ2) is 5.91. The Morgan fingerprint density at radius 2 is 2.44 bits per heavy atom. The molecule has 1 saturated carbocycles. The number of hydrogen-bond donors (Lipinski definition) is 3. The van der Waals surface area contributed by atoms with E-state index >= 15 is 0 Å². The van der Waals surface area contributed by atoms with Crippen LogP contribution < -0.4 is 10.6 Å². The summed E-state index contributed by atoms with van der Waals surface area (Å²) >= 11 is 0. The van der Waals surface area contributed by atoms with Gasteiger partial charge in [0.15, 0.2) is 0 Å². The second-order valence-electron chi connectivity index (χ2n) is 4.90. The normalized spacial score (nSPS) is 24.8. The molecular weight excluding hydrogens is 232 g/mol. The van der Waals surface area contributed by atoms with Crippen LogP contribution in [0.4, 0.5) is 4.79 Å². The molecule has 1 aliphatic carbocycles. The van der Waals surface area contributed by atoms with E-state index in [0.717, 1.165) is 6.42 Å². The number of aliphatic hydroxyl groups excluding tert-OH is 1. The van der Waals surface area contributed by atoms with E-state index in [4.69, 9.17) is 4.42 Å². The Kier molecular flexibility index (Phi) is 4.25. The van der Waals surface area contributed by atoms with Gasteiger partial charge in [-0.2, -0.15) is 0 Å². The first-order chi connectivity index (χ1) is 8.66. The van der Waals surface area contributed by atoms with Crippen molar-refractivity contribution in [3.63, 3.8) is 0 Å². The van der Waals surface area contributed by atoms with Crippen LogP contribution in [0, 0.1) is 5.92 Å². The van der Waals surface area contributed by atoms with E-state index in [-0.39, 0.29) is 18.6 Å². The molecule has 3 atom stereocenters. The Balaban J connectivity index is 1.71. The number of furan rings is 1. The van der Waals surface area contributed by atoms with Crippen molar-refractivity contribution in [2.45, 2.75) is 38.3 Å². The minimum Gasteiger partial charge on any atom is -0.467 e. The number of amides is 2. The summed E-state index contributed by atoms with van der Waals surface area (Å²) in [5, 5.41) is 15.3. The lowest BCUT2D eigenvalue weighted by Gasteiger charge is -2.18. The van der Waals surface area contributed by atoms with Crippen molar-refractivity contribution in [2.24, 2.45) is 5.92 Å². The maximum atomic E-state index is 11.7. The lowest BCUT2D eigenvalue weighted by molar-refractivity contribution is 0.147. The summed E-state index contributed by atoms with van der Waals surface area (Å²) in [7, 11) is 0. The zero-order valence-electron chi connectivity index (χ0n) is 10.6. The van der Waals surface area contributed by atoms with E-state index in [1.165, 1.54) is 19.1 Å². The molecule has 18 heavy (non-hydrogen) atoms. The predicted molar refractivity (Wildman–Crippen MR) is 67.0 cm³/mol. The first kappa shape index (κ1) is 13.0. The molecule has 0 aromatic carbocycles. The highest BCUT2D eigenvalue weighted by Gasteiger charge is 2.24. The smallest absolute Gasteiger partial charge is 0.315 e. The first-order valence-electron chi connectivity index (χ1n) is 6.42. The zero-order valence-corrected chi connectivity index (χ0v) is 10.6. The molecular formula is C13H20N2O3. The second-order valence-corrected chi connectivity index (χ2v) is 4.90. The molecule has 0 aliphatic heterocycles. The van der Waals surface area contributed by atoms with Gasteiger partial charge in [0, 0.05) is 6.04 Å². The van der Waals surface area contributed by atoms with Gasteiger partial charge >= 0.3 is 6.03 Å². The highest BCUT2D eigenvalue weighted by molar-refractivity contribution is 5.74. The average Bonchev–Trinajstić information content (AvgIpc) is 2.99. The maximum absolute atomic E-state index is 11.7. The van der Waals surface area contributed by atoms with E-state index < -0.39 is 6.10 Å². The molecule has 1 fully saturated rings. The molecule has 1 aromatic heterocycles. The number of carbonyl (C=O) groups excluding carboxylic acids is 1. The highest BCUT2D eigenvalue weighted by atomic mass is 16.4. The van der Waals surface area contributed by atoms with Crippen molar-refractivity contribution < 1.29 is 14.3 Å². The number of aliphatic hydroxyl groups is 1. The lowest BCUT2D eigenvalue weighted by Crippen LogP contribution is -2.44. The van der Waals surface area contributed by atoms with Gasteiger partial charge in [0.25, 0.3) is 0 Å². The first-order valence-corrected chi connectivity index (χ1v) is 6.42. The summed E-state index contributed by atoms with van der Waals surface area (Å²) in [4.78, 5) is 11.7. The largest absolute Gasteiger partial charge is 0.467 e. The Hall–Kier alpha value is -1.49. The molecule has 100 valence electrons. The van der Waals surface area contributed by atoms with E-state index in [9.17, 15) is 9.90 Å². The Bertz CT molecular complexity index is 378. The van der Waals surface area contributed by atoms with Crippen LogP contribution in [-0.4, -0.2) is 23.7 Å². The highest BCUT2D eigenvalue weighted by Crippen LogP contribution is 2.24. The van der Waals surface area contributed by atoms with Crippen LogP contribution in [0.5, 0.6) is 0 Å². The number of hydrogen-bond acceptors (Lipinski definition) is 3. The molecule has 0 saturated heterocycles. The summed E-state index contributed by atoms with van der Waals surface area (Å²) in [6, 6.07) is 3.42. The van der Waals surface area contributed by atoms with E-state index in [2.05, 4.69) is 17.6 Å². The van der Waals surface area contributed by atoms with Gasteiger partial charge in [0.2, 0.25) is 0 Å². The van der Waals surface area contributed by atoms with Crippen molar-refractivity contribution in [2.75, 3.05) is 6.54 Å². The molecule has 1 aliphatic rings. The molecule has 3 N–H and O–H groups in total. The predicted octanol–water partition coefficient (Wildman–Crippen LogP) is 1.80. The molecule has 2 amide bonds. The Morgan fingerprint density at radius 1 is 1.61 bits per heavy atom. The number of nitrogens with one attached hydrogen (secondary N) is 2. The topological polar surface area (TPSA) is 74.5 Å². The van der Waals surface area contributed by atoms with Crippen LogP contribution in [0.25, 0.3) is 0 Å². The Morgan fingerprint density at radius 3 is 3.06 bits per heavy atom. The summed E-state index contributed by atoms with van der Waals surface area (Å²) in [6.45, 7) is 2.30. The van der Waals surface area contributed by atoms with Crippen LogP contribution >= 0.6 is 0 Å². The fraction of sp³-hybridized carbons (Fsp3) is 0.615. The standard InChI is InChI=1S/C13H20N2O3/c1-9-4-2-5-10(9)15-13(17)14-8-11(16)12-6-3-7-18-12/h3,6-7,9-11,16H,2,4-5,8H2,1H3,(H2,14,15,17). The van der Waals surface area contributed by atoms with E-state index in [1.807, 2.05) is 0 Å². The van der Waals surface area contributed by atoms with Crippen LogP contribution in [0.15, 0.2) is 22.8 Å². The number of urea groups is 1. The van der Waals surface area contributed by atoms with Crippen LogP contribution in [-0.2, 0) is 0 Å². The van der Waals surface area contributed by atoms with Crippen molar-refractivity contribution in [1.82, 2.24) is 10.6 Å². The SMILES string of the molecule is CC1CCCC1NC(=O)NCC(O)c1ccco1. The quantitative estimate of drug-likeness (QED) is 0.765. The van der Waals surface area contributed by atoms with E-state index in [1.54, 1.807) is 12.1 Å². The van der Waals surface area contributed by atoms with Crippen LogP contribution in [0.3, 0.4) is 0 Å². The third-order valence-electron chi connectivity index (χ3n) is 3.51. The summed E-state index contributed by atoms with van der Waals surface area (Å²) in [6.07, 6.45) is 4.07. The third-order valence-corrected chi connectivity index (χ3v) is 3.51. The number of rotatable bonds is 4.